The van der Waals surface area contributed by atoms with Gasteiger partial charge in [0.2, 0.25) is 11.7 Å². The molecule has 0 aliphatic rings. The summed E-state index contributed by atoms with van der Waals surface area (Å²) in [5.74, 6) is 0.885. The Labute approximate surface area is 222 Å². The number of methoxy groups -OCH3 is 4. The molecule has 2 amide bonds. The smallest absolute Gasteiger partial charge is 0.275 e. The fraction of sp³-hybridized carbons (Fsp3) is 0.357. The Morgan fingerprint density at radius 1 is 0.921 bits per heavy atom. The number of ether oxygens (including phenoxy) is 4. The summed E-state index contributed by atoms with van der Waals surface area (Å²) in [5, 5.41) is 3.01. The first-order valence-corrected chi connectivity index (χ1v) is 11.9. The maximum Gasteiger partial charge on any atom is 0.275 e. The van der Waals surface area contributed by atoms with Gasteiger partial charge in [-0.3, -0.25) is 14.6 Å². The molecule has 0 aliphatic heterocycles. The lowest BCUT2D eigenvalue weighted by Gasteiger charge is -2.34. The van der Waals surface area contributed by atoms with E-state index in [-0.39, 0.29) is 12.2 Å². The van der Waals surface area contributed by atoms with Crippen molar-refractivity contribution in [1.82, 2.24) is 20.2 Å². The van der Waals surface area contributed by atoms with E-state index in [2.05, 4.69) is 15.3 Å². The van der Waals surface area contributed by atoms with Gasteiger partial charge < -0.3 is 29.2 Å². The van der Waals surface area contributed by atoms with Crippen LogP contribution in [0.5, 0.6) is 23.0 Å². The molecule has 0 saturated heterocycles. The molecule has 0 unspecified atom stereocenters. The summed E-state index contributed by atoms with van der Waals surface area (Å²) in [6.45, 7) is 5.71. The highest BCUT2D eigenvalue weighted by Crippen LogP contribution is 2.41. The van der Waals surface area contributed by atoms with Crippen LogP contribution < -0.4 is 24.3 Å². The number of benzene rings is 2. The van der Waals surface area contributed by atoms with E-state index >= 15 is 0 Å². The number of rotatable bonds is 10. The molecule has 0 spiro atoms. The Hall–Kier alpha value is -4.34. The molecule has 1 N–H and O–H groups in total. The van der Waals surface area contributed by atoms with Gasteiger partial charge in [-0.05, 0) is 56.2 Å². The quantitative estimate of drug-likeness (QED) is 0.428. The van der Waals surface area contributed by atoms with Crippen molar-refractivity contribution in [3.63, 3.8) is 0 Å². The second-order valence-corrected chi connectivity index (χ2v) is 9.47. The fourth-order valence-corrected chi connectivity index (χ4v) is 3.93. The second kappa shape index (κ2) is 12.3. The fourth-order valence-electron chi connectivity index (χ4n) is 3.93. The lowest BCUT2D eigenvalue weighted by Crippen LogP contribution is -2.49. The van der Waals surface area contributed by atoms with Gasteiger partial charge in [-0.2, -0.15) is 0 Å². The van der Waals surface area contributed by atoms with Crippen molar-refractivity contribution in [2.24, 2.45) is 0 Å². The Kier molecular flexibility index (Phi) is 9.11. The first-order chi connectivity index (χ1) is 18.1. The van der Waals surface area contributed by atoms with E-state index in [1.165, 1.54) is 44.8 Å². The van der Waals surface area contributed by atoms with Crippen LogP contribution in [0.15, 0.2) is 55.0 Å². The zero-order valence-electron chi connectivity index (χ0n) is 22.8. The standard InChI is InChI=1S/C28H34N4O6/c1-28(2,3)31-26(33)24(19-14-22(36-5)25(38-7)23(15-19)37-6)32(27(34)21-16-29-12-13-30-21)17-18-8-10-20(35-4)11-9-18/h8-16,24H,17H2,1-7H3,(H,31,33)/t24-/m1/s1. The third-order valence-corrected chi connectivity index (χ3v) is 5.62. The zero-order valence-corrected chi connectivity index (χ0v) is 22.8. The number of nitrogens with one attached hydrogen (secondary N) is 1. The maximum absolute atomic E-state index is 13.9. The van der Waals surface area contributed by atoms with Crippen LogP contribution >= 0.6 is 0 Å². The zero-order chi connectivity index (χ0) is 27.9. The Morgan fingerprint density at radius 3 is 2.03 bits per heavy atom. The molecular weight excluding hydrogens is 488 g/mol. The molecule has 3 rings (SSSR count). The van der Waals surface area contributed by atoms with Crippen molar-refractivity contribution < 1.29 is 28.5 Å². The van der Waals surface area contributed by atoms with E-state index in [0.717, 1.165) is 5.56 Å². The van der Waals surface area contributed by atoms with Gasteiger partial charge in [0.1, 0.15) is 17.5 Å². The number of aromatic nitrogens is 2. The van der Waals surface area contributed by atoms with Crippen molar-refractivity contribution in [2.45, 2.75) is 38.9 Å². The molecule has 0 radical (unpaired) electrons. The van der Waals surface area contributed by atoms with Crippen molar-refractivity contribution >= 4 is 11.8 Å². The number of hydrogen-bond donors (Lipinski definition) is 1. The predicted molar refractivity (Wildman–Crippen MR) is 142 cm³/mol. The largest absolute Gasteiger partial charge is 0.497 e. The molecule has 0 bridgehead atoms. The van der Waals surface area contributed by atoms with Crippen LogP contribution in [-0.4, -0.2) is 60.7 Å². The molecule has 1 heterocycles. The number of carbonyl (C=O) groups is 2. The summed E-state index contributed by atoms with van der Waals surface area (Å²) in [6, 6.07) is 9.51. The molecule has 10 heteroatoms. The molecule has 0 aliphatic carbocycles. The first-order valence-electron chi connectivity index (χ1n) is 11.9. The van der Waals surface area contributed by atoms with E-state index in [0.29, 0.717) is 28.6 Å². The molecule has 3 aromatic rings. The first kappa shape index (κ1) is 28.2. The summed E-state index contributed by atoms with van der Waals surface area (Å²) < 4.78 is 21.8. The summed E-state index contributed by atoms with van der Waals surface area (Å²) >= 11 is 0. The lowest BCUT2D eigenvalue weighted by molar-refractivity contribution is -0.127. The molecular formula is C28H34N4O6. The van der Waals surface area contributed by atoms with Crippen LogP contribution in [0.25, 0.3) is 0 Å². The molecule has 38 heavy (non-hydrogen) atoms. The second-order valence-electron chi connectivity index (χ2n) is 9.47. The number of amides is 2. The van der Waals surface area contributed by atoms with Crippen LogP contribution in [0.3, 0.4) is 0 Å². The average molecular weight is 523 g/mol. The minimum atomic E-state index is -1.08. The van der Waals surface area contributed by atoms with Crippen LogP contribution in [-0.2, 0) is 11.3 Å². The van der Waals surface area contributed by atoms with Crippen molar-refractivity contribution in [3.05, 3.63) is 71.8 Å². The molecule has 1 aromatic heterocycles. The van der Waals surface area contributed by atoms with Gasteiger partial charge in [0.25, 0.3) is 5.91 Å². The Balaban J connectivity index is 2.22. The van der Waals surface area contributed by atoms with Crippen molar-refractivity contribution in [1.29, 1.82) is 0 Å². The van der Waals surface area contributed by atoms with Gasteiger partial charge in [0.15, 0.2) is 11.5 Å². The van der Waals surface area contributed by atoms with E-state index in [1.54, 1.807) is 31.4 Å². The minimum Gasteiger partial charge on any atom is -0.497 e. The van der Waals surface area contributed by atoms with Gasteiger partial charge in [-0.15, -0.1) is 0 Å². The highest BCUT2D eigenvalue weighted by molar-refractivity contribution is 5.96. The SMILES string of the molecule is COc1ccc(CN(C(=O)c2cnccn2)[C@@H](C(=O)NC(C)(C)C)c2cc(OC)c(OC)c(OC)c2)cc1. The van der Waals surface area contributed by atoms with Crippen molar-refractivity contribution in [3.8, 4) is 23.0 Å². The number of carbonyl (C=O) groups excluding carboxylic acids is 2. The maximum atomic E-state index is 13.9. The van der Waals surface area contributed by atoms with Gasteiger partial charge in [0, 0.05) is 24.5 Å². The number of nitrogens with zero attached hydrogens (tertiary/aromatic N) is 3. The summed E-state index contributed by atoms with van der Waals surface area (Å²) in [6.07, 6.45) is 4.29. The molecule has 10 nitrogen and oxygen atoms in total. The van der Waals surface area contributed by atoms with Crippen LogP contribution in [0.2, 0.25) is 0 Å². The van der Waals surface area contributed by atoms with Crippen LogP contribution in [0.1, 0.15) is 48.4 Å². The Bertz CT molecular complexity index is 1220. The summed E-state index contributed by atoms with van der Waals surface area (Å²) in [7, 11) is 6.06. The van der Waals surface area contributed by atoms with E-state index < -0.39 is 23.4 Å². The topological polar surface area (TPSA) is 112 Å². The molecule has 2 aromatic carbocycles. The van der Waals surface area contributed by atoms with Gasteiger partial charge in [-0.25, -0.2) is 4.98 Å². The molecule has 1 atom stereocenters. The minimum absolute atomic E-state index is 0.0955. The van der Waals surface area contributed by atoms with Gasteiger partial charge in [-0.1, -0.05) is 12.1 Å². The number of hydrogen-bond acceptors (Lipinski definition) is 8. The monoisotopic (exact) mass is 522 g/mol. The van der Waals surface area contributed by atoms with E-state index in [1.807, 2.05) is 32.9 Å². The van der Waals surface area contributed by atoms with Crippen molar-refractivity contribution in [2.75, 3.05) is 28.4 Å². The normalized spacial score (nSPS) is 11.8. The predicted octanol–water partition coefficient (Wildman–Crippen LogP) is 3.81. The highest BCUT2D eigenvalue weighted by Gasteiger charge is 2.36. The van der Waals surface area contributed by atoms with E-state index in [9.17, 15) is 9.59 Å². The van der Waals surface area contributed by atoms with Gasteiger partial charge >= 0.3 is 0 Å². The summed E-state index contributed by atoms with van der Waals surface area (Å²) in [5.41, 5.74) is 0.773. The van der Waals surface area contributed by atoms with Crippen LogP contribution in [0, 0.1) is 0 Å². The molecule has 0 fully saturated rings. The highest BCUT2D eigenvalue weighted by atomic mass is 16.5. The Morgan fingerprint density at radius 2 is 1.55 bits per heavy atom. The average Bonchev–Trinajstić information content (AvgIpc) is 2.91. The third kappa shape index (κ3) is 6.70. The molecule has 202 valence electrons. The lowest BCUT2D eigenvalue weighted by atomic mass is 9.99. The van der Waals surface area contributed by atoms with E-state index in [4.69, 9.17) is 18.9 Å². The third-order valence-electron chi connectivity index (χ3n) is 5.62. The van der Waals surface area contributed by atoms with Gasteiger partial charge in [0.05, 0.1) is 34.6 Å². The van der Waals surface area contributed by atoms with Crippen LogP contribution in [0.4, 0.5) is 0 Å². The molecule has 0 saturated carbocycles. The summed E-state index contributed by atoms with van der Waals surface area (Å²) in [4.78, 5) is 37.5.